The minimum absolute atomic E-state index is 0.00397. The molecule has 2 aromatic rings. The number of nitrogens with zero attached hydrogens (tertiary/aromatic N) is 2. The number of carbonyl (C=O) groups excluding carboxylic acids is 7. The van der Waals surface area contributed by atoms with Crippen LogP contribution in [0.4, 0.5) is 5.69 Å². The molecule has 0 aromatic heterocycles. The average Bonchev–Trinajstić information content (AvgIpc) is 3.53. The maximum absolute atomic E-state index is 13.7. The van der Waals surface area contributed by atoms with Gasteiger partial charge >= 0.3 is 0 Å². The predicted octanol–water partition coefficient (Wildman–Crippen LogP) is 0.107. The molecule has 5 fully saturated rings. The molecule has 0 bridgehead atoms. The van der Waals surface area contributed by atoms with Gasteiger partial charge in [0.2, 0.25) is 39.6 Å². The van der Waals surface area contributed by atoms with Crippen molar-refractivity contribution < 1.29 is 42.0 Å². The van der Waals surface area contributed by atoms with Crippen LogP contribution in [0.1, 0.15) is 88.7 Å². The quantitative estimate of drug-likeness (QED) is 0.0986. The molecule has 1 saturated carbocycles. The molecule has 5 heterocycles. The van der Waals surface area contributed by atoms with E-state index in [1.165, 1.54) is 9.87 Å². The highest BCUT2D eigenvalue weighted by molar-refractivity contribution is 8.00. The Kier molecular flexibility index (Phi) is 12.3. The van der Waals surface area contributed by atoms with Crippen LogP contribution in [0.2, 0.25) is 0 Å². The van der Waals surface area contributed by atoms with E-state index in [-0.39, 0.29) is 78.3 Å². The zero-order valence-corrected chi connectivity index (χ0v) is 35.4. The van der Waals surface area contributed by atoms with E-state index in [4.69, 9.17) is 0 Å². The van der Waals surface area contributed by atoms with Crippen molar-refractivity contribution in [2.45, 2.75) is 74.5 Å². The number of thioether (sulfide) groups is 1. The minimum atomic E-state index is -3.36. The average molecular weight is 878 g/mol. The van der Waals surface area contributed by atoms with Crippen LogP contribution in [0.5, 0.6) is 0 Å². The number of benzene rings is 2. The lowest BCUT2D eigenvalue weighted by atomic mass is 9.79. The van der Waals surface area contributed by atoms with Crippen LogP contribution < -0.4 is 37.2 Å². The number of piperidine rings is 2. The first kappa shape index (κ1) is 42.8. The number of nitrogens with one attached hydrogen (secondary N) is 7. The summed E-state index contributed by atoms with van der Waals surface area (Å²) in [4.78, 5) is 90.1. The number of sulfonamides is 1. The lowest BCUT2D eigenvalue weighted by Crippen LogP contribution is -2.54. The Labute approximate surface area is 357 Å². The van der Waals surface area contributed by atoms with Crippen molar-refractivity contribution in [3.05, 3.63) is 64.7 Å². The van der Waals surface area contributed by atoms with E-state index in [0.29, 0.717) is 31.7 Å². The molecule has 6 unspecified atom stereocenters. The van der Waals surface area contributed by atoms with E-state index in [2.05, 4.69) is 61.5 Å². The number of anilines is 1. The first-order chi connectivity index (χ1) is 29.2. The van der Waals surface area contributed by atoms with E-state index in [1.54, 1.807) is 30.0 Å². The van der Waals surface area contributed by atoms with Crippen LogP contribution in [0.25, 0.3) is 0 Å². The van der Waals surface area contributed by atoms with Crippen molar-refractivity contribution in [2.24, 2.45) is 11.3 Å². The Morgan fingerprint density at radius 2 is 1.72 bits per heavy atom. The molecule has 2 aromatic carbocycles. The standard InChI is InChI=1S/C41H51N9O9S2/c1-61(58,59)49-16-10-26(21-49)35(53)45-20-34(52)48-40-46-30(22-60-40)25-4-2-3-23(17-25)24-9-13-43-32(18-24)41(11-12-41)39(57)44-15-14-42-27-5-6-28-29(19-27)38(56)50(37(28)55)31-7-8-33(51)47-36(31)54/h2-6,17,19,24,26,30-32,40,42-43,46H,7-16,18,20-22H2,1H3,(H,44,57)(H,45,53)(H,48,52)(H,47,51,54). The SMILES string of the molecule is CS(=O)(=O)N1CCC(C(=O)NCC(=O)NC2NC(c3cccc(C4CCNC(C5(C(=O)NCCNc6ccc7c(c6)C(=O)N(C6CCC(=O)NC6=O)C7=O)CC5)C4)c3)CS2)C1. The highest BCUT2D eigenvalue weighted by atomic mass is 32.2. The molecule has 6 atom stereocenters. The fourth-order valence-electron chi connectivity index (χ4n) is 9.18. The number of fused-ring (bicyclic) bond motifs is 1. The van der Waals surface area contributed by atoms with Gasteiger partial charge in [0.15, 0.2) is 0 Å². The summed E-state index contributed by atoms with van der Waals surface area (Å²) in [5.41, 5.74) is 2.48. The molecule has 1 aliphatic carbocycles. The molecule has 6 aliphatic rings. The lowest BCUT2D eigenvalue weighted by molar-refractivity contribution is -0.136. The molecule has 5 aliphatic heterocycles. The molecule has 4 saturated heterocycles. The Morgan fingerprint density at radius 3 is 2.48 bits per heavy atom. The van der Waals surface area contributed by atoms with Gasteiger partial charge in [0.1, 0.15) is 11.5 Å². The fraction of sp³-hybridized carbons (Fsp3) is 0.537. The van der Waals surface area contributed by atoms with Crippen LogP contribution in [0.15, 0.2) is 42.5 Å². The lowest BCUT2D eigenvalue weighted by Gasteiger charge is -2.35. The van der Waals surface area contributed by atoms with Gasteiger partial charge in [-0.25, -0.2) is 12.7 Å². The van der Waals surface area contributed by atoms with Crippen molar-refractivity contribution in [1.29, 1.82) is 0 Å². The number of carbonyl (C=O) groups is 7. The Morgan fingerprint density at radius 1 is 0.934 bits per heavy atom. The molecule has 7 N–H and O–H groups in total. The Balaban J connectivity index is 0.783. The van der Waals surface area contributed by atoms with E-state index in [9.17, 15) is 42.0 Å². The molecule has 8 rings (SSSR count). The van der Waals surface area contributed by atoms with Gasteiger partial charge in [-0.1, -0.05) is 24.3 Å². The van der Waals surface area contributed by atoms with Crippen LogP contribution >= 0.6 is 11.8 Å². The second-order valence-corrected chi connectivity index (χ2v) is 19.9. The molecule has 0 spiro atoms. The summed E-state index contributed by atoms with van der Waals surface area (Å²) in [6.07, 6.45) is 5.02. The van der Waals surface area contributed by atoms with Crippen molar-refractivity contribution in [1.82, 2.24) is 41.1 Å². The van der Waals surface area contributed by atoms with Gasteiger partial charge in [0.25, 0.3) is 11.8 Å². The van der Waals surface area contributed by atoms with Gasteiger partial charge < -0.3 is 26.6 Å². The van der Waals surface area contributed by atoms with Gasteiger partial charge in [-0.05, 0) is 80.3 Å². The van der Waals surface area contributed by atoms with E-state index < -0.39 is 51.0 Å². The first-order valence-corrected chi connectivity index (χ1v) is 23.7. The zero-order chi connectivity index (χ0) is 43.1. The molecule has 326 valence electrons. The van der Waals surface area contributed by atoms with Crippen LogP contribution in [0, 0.1) is 11.3 Å². The van der Waals surface area contributed by atoms with Gasteiger partial charge in [0, 0.05) is 56.1 Å². The summed E-state index contributed by atoms with van der Waals surface area (Å²) < 4.78 is 24.8. The van der Waals surface area contributed by atoms with Crippen LogP contribution in [-0.4, -0.2) is 128 Å². The van der Waals surface area contributed by atoms with E-state index in [1.807, 2.05) is 0 Å². The maximum atomic E-state index is 13.7. The van der Waals surface area contributed by atoms with Gasteiger partial charge in [0.05, 0.1) is 35.3 Å². The highest BCUT2D eigenvalue weighted by Gasteiger charge is 2.56. The van der Waals surface area contributed by atoms with Crippen molar-refractivity contribution in [3.63, 3.8) is 0 Å². The number of amides is 7. The minimum Gasteiger partial charge on any atom is -0.383 e. The predicted molar refractivity (Wildman–Crippen MR) is 224 cm³/mol. The summed E-state index contributed by atoms with van der Waals surface area (Å²) in [5, 5.41) is 21.2. The third-order valence-electron chi connectivity index (χ3n) is 12.8. The highest BCUT2D eigenvalue weighted by Crippen LogP contribution is 2.52. The number of imide groups is 2. The molecule has 7 amide bonds. The second kappa shape index (κ2) is 17.5. The maximum Gasteiger partial charge on any atom is 0.262 e. The van der Waals surface area contributed by atoms with Crippen LogP contribution in [-0.2, 0) is 34.0 Å². The number of rotatable bonds is 14. The third kappa shape index (κ3) is 9.18. The molecule has 0 radical (unpaired) electrons. The Hall–Kier alpha value is -4.89. The molecule has 18 nitrogen and oxygen atoms in total. The summed E-state index contributed by atoms with van der Waals surface area (Å²) in [7, 11) is -3.36. The Bertz CT molecular complexity index is 2250. The molecular formula is C41H51N9O9S2. The van der Waals surface area contributed by atoms with Crippen molar-refractivity contribution >= 4 is 68.8 Å². The summed E-state index contributed by atoms with van der Waals surface area (Å²) in [6, 6.07) is 12.3. The molecular weight excluding hydrogens is 827 g/mol. The summed E-state index contributed by atoms with van der Waals surface area (Å²) in [5.74, 6) is -2.37. The second-order valence-electron chi connectivity index (χ2n) is 16.8. The van der Waals surface area contributed by atoms with Gasteiger partial charge in [-0.15, -0.1) is 11.8 Å². The van der Waals surface area contributed by atoms with Crippen LogP contribution in [0.3, 0.4) is 0 Å². The molecule has 61 heavy (non-hydrogen) atoms. The number of hydrogen-bond donors (Lipinski definition) is 7. The number of hydrogen-bond acceptors (Lipinski definition) is 13. The summed E-state index contributed by atoms with van der Waals surface area (Å²) >= 11 is 1.57. The van der Waals surface area contributed by atoms with Gasteiger partial charge in [-0.3, -0.25) is 49.1 Å². The largest absolute Gasteiger partial charge is 0.383 e. The van der Waals surface area contributed by atoms with E-state index >= 15 is 0 Å². The normalized spacial score (nSPS) is 27.3. The van der Waals surface area contributed by atoms with Crippen molar-refractivity contribution in [3.8, 4) is 0 Å². The zero-order valence-electron chi connectivity index (χ0n) is 33.8. The smallest absolute Gasteiger partial charge is 0.262 e. The topological polar surface area (TPSA) is 244 Å². The molecule has 20 heteroatoms. The third-order valence-corrected chi connectivity index (χ3v) is 15.1. The van der Waals surface area contributed by atoms with Crippen molar-refractivity contribution in [2.75, 3.05) is 56.6 Å². The van der Waals surface area contributed by atoms with E-state index in [0.717, 1.165) is 54.7 Å². The first-order valence-electron chi connectivity index (χ1n) is 20.8. The summed E-state index contributed by atoms with van der Waals surface area (Å²) in [6.45, 7) is 1.74. The fourth-order valence-corrected chi connectivity index (χ4v) is 11.2. The monoisotopic (exact) mass is 877 g/mol. The van der Waals surface area contributed by atoms with Gasteiger partial charge in [-0.2, -0.15) is 0 Å².